The van der Waals surface area contributed by atoms with Gasteiger partial charge in [0.15, 0.2) is 0 Å². The van der Waals surface area contributed by atoms with E-state index in [0.717, 1.165) is 18.7 Å². The molecule has 112 valence electrons. The minimum absolute atomic E-state index is 0.0375. The van der Waals surface area contributed by atoms with Gasteiger partial charge in [-0.3, -0.25) is 4.79 Å². The van der Waals surface area contributed by atoms with Crippen molar-refractivity contribution in [1.29, 1.82) is 5.26 Å². The highest BCUT2D eigenvalue weighted by atomic mass is 32.1. The molecule has 2 aromatic heterocycles. The molecule has 0 unspecified atom stereocenters. The normalized spacial score (nSPS) is 15.3. The maximum atomic E-state index is 12.4. The van der Waals surface area contributed by atoms with Gasteiger partial charge in [-0.15, -0.1) is 16.4 Å². The Hall–Kier alpha value is -2.46. The Morgan fingerprint density at radius 2 is 2.23 bits per heavy atom. The second-order valence-corrected chi connectivity index (χ2v) is 6.01. The van der Waals surface area contributed by atoms with E-state index in [2.05, 4.69) is 21.6 Å². The average Bonchev–Trinajstić information content (AvgIpc) is 3.04. The third-order valence-corrected chi connectivity index (χ3v) is 4.59. The number of hydrogen-bond donors (Lipinski definition) is 1. The van der Waals surface area contributed by atoms with Gasteiger partial charge < -0.3 is 10.2 Å². The maximum absolute atomic E-state index is 12.4. The van der Waals surface area contributed by atoms with Crippen molar-refractivity contribution >= 4 is 23.1 Å². The summed E-state index contributed by atoms with van der Waals surface area (Å²) in [6, 6.07) is 7.78. The van der Waals surface area contributed by atoms with Crippen LogP contribution < -0.4 is 5.32 Å². The molecule has 2 aromatic rings. The third-order valence-electron chi connectivity index (χ3n) is 3.69. The standard InChI is InChI=1S/C15H15N5OS/c16-10-11-5-9-22-14(11)15(21)20-7-3-12(4-8-20)18-13-2-1-6-17-19-13/h1-2,5-6,9,12H,3-4,7-8H2,(H,18,19). The van der Waals surface area contributed by atoms with Crippen LogP contribution in [0.15, 0.2) is 29.8 Å². The van der Waals surface area contributed by atoms with Gasteiger partial charge in [0.25, 0.3) is 5.91 Å². The first kappa shape index (κ1) is 14.5. The molecule has 0 bridgehead atoms. The molecule has 3 heterocycles. The zero-order chi connectivity index (χ0) is 15.4. The van der Waals surface area contributed by atoms with Crippen LogP contribution in [0.1, 0.15) is 28.1 Å². The van der Waals surface area contributed by atoms with Crippen LogP contribution in [-0.4, -0.2) is 40.1 Å². The maximum Gasteiger partial charge on any atom is 0.265 e. The number of amides is 1. The van der Waals surface area contributed by atoms with Crippen LogP contribution >= 0.6 is 11.3 Å². The van der Waals surface area contributed by atoms with E-state index in [1.807, 2.05) is 17.0 Å². The second-order valence-electron chi connectivity index (χ2n) is 5.09. The molecule has 1 aliphatic heterocycles. The Labute approximate surface area is 132 Å². The molecule has 3 rings (SSSR count). The number of nitrogens with one attached hydrogen (secondary N) is 1. The van der Waals surface area contributed by atoms with Crippen LogP contribution in [0.5, 0.6) is 0 Å². The number of anilines is 1. The lowest BCUT2D eigenvalue weighted by molar-refractivity contribution is 0.0723. The van der Waals surface area contributed by atoms with Crippen molar-refractivity contribution in [3.8, 4) is 6.07 Å². The van der Waals surface area contributed by atoms with Gasteiger partial charge in [0.1, 0.15) is 16.8 Å². The van der Waals surface area contributed by atoms with Gasteiger partial charge in [-0.25, -0.2) is 0 Å². The van der Waals surface area contributed by atoms with Gasteiger partial charge in [0, 0.05) is 25.3 Å². The quantitative estimate of drug-likeness (QED) is 0.938. The Morgan fingerprint density at radius 1 is 1.41 bits per heavy atom. The van der Waals surface area contributed by atoms with Crippen molar-refractivity contribution in [2.75, 3.05) is 18.4 Å². The smallest absolute Gasteiger partial charge is 0.265 e. The SMILES string of the molecule is N#Cc1ccsc1C(=O)N1CCC(Nc2cccnn2)CC1. The fourth-order valence-corrected chi connectivity index (χ4v) is 3.33. The van der Waals surface area contributed by atoms with Crippen LogP contribution in [0.3, 0.4) is 0 Å². The summed E-state index contributed by atoms with van der Waals surface area (Å²) in [5, 5.41) is 22.0. The van der Waals surface area contributed by atoms with Crippen molar-refractivity contribution in [1.82, 2.24) is 15.1 Å². The van der Waals surface area contributed by atoms with E-state index in [0.29, 0.717) is 29.6 Å². The Morgan fingerprint density at radius 3 is 2.91 bits per heavy atom. The fraction of sp³-hybridized carbons (Fsp3) is 0.333. The summed E-state index contributed by atoms with van der Waals surface area (Å²) in [7, 11) is 0. The summed E-state index contributed by atoms with van der Waals surface area (Å²) < 4.78 is 0. The van der Waals surface area contributed by atoms with Gasteiger partial charge in [0.2, 0.25) is 0 Å². The molecule has 0 aliphatic carbocycles. The third kappa shape index (κ3) is 3.07. The average molecular weight is 313 g/mol. The van der Waals surface area contributed by atoms with Crippen LogP contribution in [0.2, 0.25) is 0 Å². The van der Waals surface area contributed by atoms with E-state index in [4.69, 9.17) is 5.26 Å². The number of carbonyl (C=O) groups is 1. The minimum Gasteiger partial charge on any atom is -0.366 e. The van der Waals surface area contributed by atoms with Crippen molar-refractivity contribution < 1.29 is 4.79 Å². The molecule has 1 amide bonds. The van der Waals surface area contributed by atoms with Crippen LogP contribution in [0.25, 0.3) is 0 Å². The summed E-state index contributed by atoms with van der Waals surface area (Å²) in [6.07, 6.45) is 3.35. The highest BCUT2D eigenvalue weighted by Crippen LogP contribution is 2.21. The first-order chi connectivity index (χ1) is 10.8. The molecule has 0 radical (unpaired) electrons. The summed E-state index contributed by atoms with van der Waals surface area (Å²) in [6.45, 7) is 1.36. The number of carbonyl (C=O) groups excluding carboxylic acids is 1. The van der Waals surface area contributed by atoms with E-state index < -0.39 is 0 Å². The molecular weight excluding hydrogens is 298 g/mol. The molecule has 0 spiro atoms. The van der Waals surface area contributed by atoms with E-state index in [1.54, 1.807) is 17.6 Å². The van der Waals surface area contributed by atoms with Crippen molar-refractivity contribution in [2.24, 2.45) is 0 Å². The Bertz CT molecular complexity index is 685. The molecule has 0 aromatic carbocycles. The van der Waals surface area contributed by atoms with Crippen molar-refractivity contribution in [3.63, 3.8) is 0 Å². The number of thiophene rings is 1. The highest BCUT2D eigenvalue weighted by Gasteiger charge is 2.25. The molecule has 7 heteroatoms. The number of rotatable bonds is 3. The lowest BCUT2D eigenvalue weighted by Gasteiger charge is -2.32. The number of nitriles is 1. The first-order valence-electron chi connectivity index (χ1n) is 7.09. The van der Waals surface area contributed by atoms with E-state index in [9.17, 15) is 4.79 Å². The molecule has 1 fully saturated rings. The molecule has 0 saturated carbocycles. The zero-order valence-corrected chi connectivity index (χ0v) is 12.7. The molecule has 22 heavy (non-hydrogen) atoms. The van der Waals surface area contributed by atoms with Crippen LogP contribution in [0, 0.1) is 11.3 Å². The van der Waals surface area contributed by atoms with E-state index in [-0.39, 0.29) is 5.91 Å². The van der Waals surface area contributed by atoms with Crippen molar-refractivity contribution in [2.45, 2.75) is 18.9 Å². The summed E-state index contributed by atoms with van der Waals surface area (Å²) in [4.78, 5) is 14.8. The van der Waals surface area contributed by atoms with Crippen LogP contribution in [0.4, 0.5) is 5.82 Å². The Balaban J connectivity index is 1.58. The number of aromatic nitrogens is 2. The van der Waals surface area contributed by atoms with Gasteiger partial charge in [-0.1, -0.05) is 0 Å². The second kappa shape index (κ2) is 6.54. The van der Waals surface area contributed by atoms with Gasteiger partial charge in [0.05, 0.1) is 5.56 Å². The lowest BCUT2D eigenvalue weighted by Crippen LogP contribution is -2.42. The van der Waals surface area contributed by atoms with Gasteiger partial charge >= 0.3 is 0 Å². The molecule has 1 saturated heterocycles. The largest absolute Gasteiger partial charge is 0.366 e. The lowest BCUT2D eigenvalue weighted by atomic mass is 10.0. The molecule has 1 aliphatic rings. The monoisotopic (exact) mass is 313 g/mol. The summed E-state index contributed by atoms with van der Waals surface area (Å²) in [5.74, 6) is 0.724. The van der Waals surface area contributed by atoms with E-state index >= 15 is 0 Å². The van der Waals surface area contributed by atoms with Crippen LogP contribution in [-0.2, 0) is 0 Å². The fourth-order valence-electron chi connectivity index (χ4n) is 2.52. The number of piperidine rings is 1. The summed E-state index contributed by atoms with van der Waals surface area (Å²) >= 11 is 1.33. The molecule has 0 atom stereocenters. The number of hydrogen-bond acceptors (Lipinski definition) is 6. The topological polar surface area (TPSA) is 81.9 Å². The van der Waals surface area contributed by atoms with Gasteiger partial charge in [-0.2, -0.15) is 10.4 Å². The number of likely N-dealkylation sites (tertiary alicyclic amines) is 1. The van der Waals surface area contributed by atoms with Gasteiger partial charge in [-0.05, 0) is 36.4 Å². The van der Waals surface area contributed by atoms with E-state index in [1.165, 1.54) is 11.3 Å². The molecule has 6 nitrogen and oxygen atoms in total. The first-order valence-corrected chi connectivity index (χ1v) is 7.97. The minimum atomic E-state index is -0.0375. The zero-order valence-electron chi connectivity index (χ0n) is 11.9. The van der Waals surface area contributed by atoms with Crippen molar-refractivity contribution in [3.05, 3.63) is 40.2 Å². The summed E-state index contributed by atoms with van der Waals surface area (Å²) in [5.41, 5.74) is 0.467. The Kier molecular flexibility index (Phi) is 4.30. The molecular formula is C15H15N5OS. The predicted molar refractivity (Wildman–Crippen MR) is 83.6 cm³/mol. The predicted octanol–water partition coefficient (Wildman–Crippen LogP) is 2.13. The highest BCUT2D eigenvalue weighted by molar-refractivity contribution is 7.12. The molecule has 1 N–H and O–H groups in total. The number of nitrogens with zero attached hydrogens (tertiary/aromatic N) is 4.